The molecular formula is C23H23F3N6O4. The van der Waals surface area contributed by atoms with Crippen molar-refractivity contribution < 1.29 is 32.5 Å². The SMILES string of the molecule is Cc1ccc(NC(=O)c2cc(C(F)(F)F)cnn2)cc1-c1cc(OCCO)nc(N2CCOCC2)n1. The number of aromatic nitrogens is 4. The van der Waals surface area contributed by atoms with Crippen LogP contribution in [-0.2, 0) is 10.9 Å². The molecule has 0 bridgehead atoms. The molecule has 13 heteroatoms. The van der Waals surface area contributed by atoms with Gasteiger partial charge in [0.1, 0.15) is 6.61 Å². The maximum absolute atomic E-state index is 13.0. The minimum atomic E-state index is -4.65. The zero-order valence-corrected chi connectivity index (χ0v) is 19.2. The second kappa shape index (κ2) is 10.8. The fourth-order valence-electron chi connectivity index (χ4n) is 3.48. The van der Waals surface area contributed by atoms with Gasteiger partial charge in [0.25, 0.3) is 5.91 Å². The van der Waals surface area contributed by atoms with E-state index in [9.17, 15) is 18.0 Å². The molecule has 0 atom stereocenters. The number of ether oxygens (including phenoxy) is 2. The summed E-state index contributed by atoms with van der Waals surface area (Å²) >= 11 is 0. The fourth-order valence-corrected chi connectivity index (χ4v) is 3.48. The van der Waals surface area contributed by atoms with Crippen molar-refractivity contribution in [1.29, 1.82) is 0 Å². The average molecular weight is 504 g/mol. The van der Waals surface area contributed by atoms with Gasteiger partial charge >= 0.3 is 6.18 Å². The molecule has 0 unspecified atom stereocenters. The number of halogens is 3. The number of rotatable bonds is 7. The number of aliphatic hydroxyl groups excluding tert-OH is 1. The van der Waals surface area contributed by atoms with E-state index in [1.807, 2.05) is 11.8 Å². The second-order valence-corrected chi connectivity index (χ2v) is 7.87. The summed E-state index contributed by atoms with van der Waals surface area (Å²) in [6, 6.07) is 7.27. The number of morpholine rings is 1. The van der Waals surface area contributed by atoms with Crippen LogP contribution in [0.4, 0.5) is 24.8 Å². The number of alkyl halides is 3. The molecule has 4 rings (SSSR count). The molecule has 0 saturated carbocycles. The van der Waals surface area contributed by atoms with Crippen molar-refractivity contribution >= 4 is 17.5 Å². The Labute approximate surface area is 204 Å². The van der Waals surface area contributed by atoms with Crippen LogP contribution in [0.1, 0.15) is 21.6 Å². The van der Waals surface area contributed by atoms with Crippen molar-refractivity contribution in [3.05, 3.63) is 53.3 Å². The van der Waals surface area contributed by atoms with Crippen molar-refractivity contribution in [2.24, 2.45) is 0 Å². The Hall–Kier alpha value is -3.84. The molecule has 1 aromatic carbocycles. The van der Waals surface area contributed by atoms with Crippen LogP contribution >= 0.6 is 0 Å². The Bertz CT molecular complexity index is 1230. The highest BCUT2D eigenvalue weighted by Gasteiger charge is 2.32. The van der Waals surface area contributed by atoms with E-state index in [1.54, 1.807) is 24.3 Å². The van der Waals surface area contributed by atoms with Crippen LogP contribution in [0.25, 0.3) is 11.3 Å². The lowest BCUT2D eigenvalue weighted by molar-refractivity contribution is -0.137. The number of aliphatic hydroxyl groups is 1. The third-order valence-corrected chi connectivity index (χ3v) is 5.31. The van der Waals surface area contributed by atoms with Gasteiger partial charge in [-0.3, -0.25) is 4.79 Å². The molecule has 0 radical (unpaired) electrons. The molecule has 1 fully saturated rings. The molecule has 3 aromatic rings. The van der Waals surface area contributed by atoms with Crippen LogP contribution in [0.15, 0.2) is 36.5 Å². The highest BCUT2D eigenvalue weighted by molar-refractivity contribution is 6.03. The molecule has 2 N–H and O–H groups in total. The number of amides is 1. The smallest absolute Gasteiger partial charge is 0.418 e. The van der Waals surface area contributed by atoms with Crippen LogP contribution in [0.5, 0.6) is 5.88 Å². The largest absolute Gasteiger partial charge is 0.475 e. The molecule has 3 heterocycles. The van der Waals surface area contributed by atoms with Gasteiger partial charge in [-0.1, -0.05) is 6.07 Å². The predicted molar refractivity (Wildman–Crippen MR) is 123 cm³/mol. The van der Waals surface area contributed by atoms with E-state index < -0.39 is 23.3 Å². The van der Waals surface area contributed by atoms with Crippen LogP contribution in [0.3, 0.4) is 0 Å². The Morgan fingerprint density at radius 1 is 1.19 bits per heavy atom. The van der Waals surface area contributed by atoms with E-state index >= 15 is 0 Å². The molecular weight excluding hydrogens is 481 g/mol. The molecule has 1 aliphatic rings. The molecule has 0 aliphatic carbocycles. The Kier molecular flexibility index (Phi) is 7.60. The third-order valence-electron chi connectivity index (χ3n) is 5.31. The lowest BCUT2D eigenvalue weighted by Crippen LogP contribution is -2.37. The summed E-state index contributed by atoms with van der Waals surface area (Å²) < 4.78 is 49.9. The fraction of sp³-hybridized carbons (Fsp3) is 0.348. The van der Waals surface area contributed by atoms with Gasteiger partial charge < -0.3 is 24.8 Å². The van der Waals surface area contributed by atoms with Gasteiger partial charge in [-0.25, -0.2) is 4.98 Å². The van der Waals surface area contributed by atoms with Gasteiger partial charge in [-0.15, -0.1) is 5.10 Å². The topological polar surface area (TPSA) is 123 Å². The first-order chi connectivity index (χ1) is 17.2. The van der Waals surface area contributed by atoms with Crippen molar-refractivity contribution in [3.8, 4) is 17.1 Å². The normalized spacial score (nSPS) is 14.0. The summed E-state index contributed by atoms with van der Waals surface area (Å²) in [4.78, 5) is 23.6. The van der Waals surface area contributed by atoms with E-state index in [0.29, 0.717) is 61.5 Å². The Balaban J connectivity index is 1.64. The van der Waals surface area contributed by atoms with E-state index in [-0.39, 0.29) is 19.1 Å². The number of nitrogens with one attached hydrogen (secondary N) is 1. The van der Waals surface area contributed by atoms with Gasteiger partial charge in [0.2, 0.25) is 11.8 Å². The summed E-state index contributed by atoms with van der Waals surface area (Å²) in [5.41, 5.74) is 0.763. The first-order valence-corrected chi connectivity index (χ1v) is 11.0. The number of carbonyl (C=O) groups excluding carboxylic acids is 1. The quantitative estimate of drug-likeness (QED) is 0.500. The van der Waals surface area contributed by atoms with Crippen molar-refractivity contribution in [2.75, 3.05) is 49.7 Å². The summed E-state index contributed by atoms with van der Waals surface area (Å²) in [6.07, 6.45) is -4.10. The number of nitrogens with zero attached hydrogens (tertiary/aromatic N) is 5. The molecule has 0 spiro atoms. The molecule has 1 saturated heterocycles. The monoisotopic (exact) mass is 504 g/mol. The molecule has 2 aromatic heterocycles. The van der Waals surface area contributed by atoms with Crippen molar-refractivity contribution in [1.82, 2.24) is 20.2 Å². The van der Waals surface area contributed by atoms with Crippen LogP contribution < -0.4 is 15.0 Å². The van der Waals surface area contributed by atoms with E-state index in [1.165, 1.54) is 0 Å². The zero-order chi connectivity index (χ0) is 25.7. The zero-order valence-electron chi connectivity index (χ0n) is 19.2. The first kappa shape index (κ1) is 25.3. The minimum Gasteiger partial charge on any atom is -0.475 e. The van der Waals surface area contributed by atoms with Crippen LogP contribution in [-0.4, -0.2) is 70.7 Å². The second-order valence-electron chi connectivity index (χ2n) is 7.87. The first-order valence-electron chi connectivity index (χ1n) is 11.0. The average Bonchev–Trinajstić information content (AvgIpc) is 2.88. The summed E-state index contributed by atoms with van der Waals surface area (Å²) in [6.45, 7) is 3.95. The highest BCUT2D eigenvalue weighted by Crippen LogP contribution is 2.31. The van der Waals surface area contributed by atoms with Crippen LogP contribution in [0, 0.1) is 6.92 Å². The predicted octanol–water partition coefficient (Wildman–Crippen LogP) is 2.72. The van der Waals surface area contributed by atoms with Gasteiger partial charge in [0.15, 0.2) is 5.69 Å². The van der Waals surface area contributed by atoms with Crippen LogP contribution in [0.2, 0.25) is 0 Å². The summed E-state index contributed by atoms with van der Waals surface area (Å²) in [5.74, 6) is -0.146. The summed E-state index contributed by atoms with van der Waals surface area (Å²) in [5, 5.41) is 18.5. The number of hydrogen-bond acceptors (Lipinski definition) is 9. The van der Waals surface area contributed by atoms with Gasteiger partial charge in [0.05, 0.1) is 37.3 Å². The number of aryl methyl sites for hydroxylation is 1. The number of benzene rings is 1. The number of anilines is 2. The highest BCUT2D eigenvalue weighted by atomic mass is 19.4. The molecule has 1 aliphatic heterocycles. The van der Waals surface area contributed by atoms with Gasteiger partial charge in [-0.2, -0.15) is 23.3 Å². The number of hydrogen-bond donors (Lipinski definition) is 2. The Morgan fingerprint density at radius 2 is 1.97 bits per heavy atom. The summed E-state index contributed by atoms with van der Waals surface area (Å²) in [7, 11) is 0. The minimum absolute atomic E-state index is 0.0477. The van der Waals surface area contributed by atoms with E-state index in [2.05, 4.69) is 25.5 Å². The molecule has 10 nitrogen and oxygen atoms in total. The third kappa shape index (κ3) is 6.04. The lowest BCUT2D eigenvalue weighted by Gasteiger charge is -2.27. The van der Waals surface area contributed by atoms with Crippen molar-refractivity contribution in [2.45, 2.75) is 13.1 Å². The molecule has 190 valence electrons. The lowest BCUT2D eigenvalue weighted by atomic mass is 10.0. The van der Waals surface area contributed by atoms with E-state index in [0.717, 1.165) is 5.56 Å². The molecule has 1 amide bonds. The van der Waals surface area contributed by atoms with Crippen molar-refractivity contribution in [3.63, 3.8) is 0 Å². The maximum atomic E-state index is 13.0. The maximum Gasteiger partial charge on any atom is 0.418 e. The Morgan fingerprint density at radius 3 is 2.69 bits per heavy atom. The molecule has 36 heavy (non-hydrogen) atoms. The van der Waals surface area contributed by atoms with Gasteiger partial charge in [-0.05, 0) is 30.7 Å². The van der Waals surface area contributed by atoms with Gasteiger partial charge in [0, 0.05) is 30.4 Å². The standard InChI is InChI=1S/C23H23F3N6O4/c1-14-2-3-16(28-21(34)19-10-15(13-27-31-19)23(24,25)26)11-17(14)18-12-20(36-9-6-33)30-22(29-18)32-4-7-35-8-5-32/h2-3,10-13,33H,4-9H2,1H3,(H,28,34). The van der Waals surface area contributed by atoms with E-state index in [4.69, 9.17) is 14.6 Å². The number of carbonyl (C=O) groups is 1.